The fourth-order valence-corrected chi connectivity index (χ4v) is 2.51. The molecule has 0 saturated heterocycles. The minimum Gasteiger partial charge on any atom is -0.449 e. The zero-order valence-electron chi connectivity index (χ0n) is 13.5. The second-order valence-corrected chi connectivity index (χ2v) is 6.20. The van der Waals surface area contributed by atoms with Crippen molar-refractivity contribution in [2.24, 2.45) is 0 Å². The predicted molar refractivity (Wildman–Crippen MR) is 96.4 cm³/mol. The zero-order chi connectivity index (χ0) is 18.6. The van der Waals surface area contributed by atoms with Crippen molar-refractivity contribution in [3.63, 3.8) is 0 Å². The van der Waals surface area contributed by atoms with Gasteiger partial charge >= 0.3 is 5.97 Å². The molecule has 1 N–H and O–H groups in total. The lowest BCUT2D eigenvalue weighted by atomic mass is 10.1. The van der Waals surface area contributed by atoms with E-state index in [1.807, 2.05) is 0 Å². The number of ether oxygens (including phenoxy) is 1. The number of hydrogen-bond acceptors (Lipinski definition) is 4. The van der Waals surface area contributed by atoms with E-state index in [1.54, 1.807) is 24.3 Å². The fourth-order valence-electron chi connectivity index (χ4n) is 1.99. The van der Waals surface area contributed by atoms with E-state index >= 15 is 0 Å². The molecule has 0 aromatic heterocycles. The number of carbonyl (C=O) groups is 3. The lowest BCUT2D eigenvalue weighted by molar-refractivity contribution is -0.123. The molecule has 0 unspecified atom stereocenters. The average molecular weight is 380 g/mol. The van der Waals surface area contributed by atoms with Gasteiger partial charge in [0.15, 0.2) is 11.9 Å². The van der Waals surface area contributed by atoms with Crippen LogP contribution >= 0.6 is 23.2 Å². The summed E-state index contributed by atoms with van der Waals surface area (Å²) in [6, 6.07) is 10.7. The van der Waals surface area contributed by atoms with Crippen molar-refractivity contribution >= 4 is 46.5 Å². The van der Waals surface area contributed by atoms with Gasteiger partial charge in [-0.3, -0.25) is 9.59 Å². The SMILES string of the molecule is CC(=O)c1ccc(NC(=O)[C@H](C)OC(=O)c2cc(Cl)cc(Cl)c2)cc1. The largest absolute Gasteiger partial charge is 0.449 e. The number of halogens is 2. The van der Waals surface area contributed by atoms with Crippen molar-refractivity contribution in [3.05, 3.63) is 63.6 Å². The number of esters is 1. The molecule has 1 atom stereocenters. The molecule has 5 nitrogen and oxygen atoms in total. The highest BCUT2D eigenvalue weighted by molar-refractivity contribution is 6.35. The number of benzene rings is 2. The summed E-state index contributed by atoms with van der Waals surface area (Å²) in [4.78, 5) is 35.4. The molecule has 0 radical (unpaired) electrons. The standard InChI is InChI=1S/C18H15Cl2NO4/c1-10(22)12-3-5-16(6-4-12)21-17(23)11(2)25-18(24)13-7-14(19)9-15(20)8-13/h3-9,11H,1-2H3,(H,21,23)/t11-/m0/s1. The molecule has 2 aromatic carbocycles. The lowest BCUT2D eigenvalue weighted by Gasteiger charge is -2.14. The van der Waals surface area contributed by atoms with E-state index in [4.69, 9.17) is 27.9 Å². The summed E-state index contributed by atoms with van der Waals surface area (Å²) in [6.07, 6.45) is -1.03. The predicted octanol–water partition coefficient (Wildman–Crippen LogP) is 4.38. The van der Waals surface area contributed by atoms with Crippen LogP contribution in [-0.4, -0.2) is 23.8 Å². The Hall–Kier alpha value is -2.37. The molecule has 0 bridgehead atoms. The molecule has 130 valence electrons. The maximum Gasteiger partial charge on any atom is 0.339 e. The van der Waals surface area contributed by atoms with Gasteiger partial charge < -0.3 is 10.1 Å². The highest BCUT2D eigenvalue weighted by Crippen LogP contribution is 2.20. The molecule has 25 heavy (non-hydrogen) atoms. The van der Waals surface area contributed by atoms with Gasteiger partial charge in [-0.05, 0) is 56.3 Å². The second kappa shape index (κ2) is 8.14. The van der Waals surface area contributed by atoms with E-state index < -0.39 is 18.0 Å². The monoisotopic (exact) mass is 379 g/mol. The van der Waals surface area contributed by atoms with E-state index in [1.165, 1.54) is 32.0 Å². The Morgan fingerprint density at radius 2 is 1.52 bits per heavy atom. The van der Waals surface area contributed by atoms with Gasteiger partial charge in [0.05, 0.1) is 5.56 Å². The third kappa shape index (κ3) is 5.31. The first-order chi connectivity index (χ1) is 11.8. The van der Waals surface area contributed by atoms with Crippen LogP contribution in [0.4, 0.5) is 5.69 Å². The third-order valence-electron chi connectivity index (χ3n) is 3.31. The van der Waals surface area contributed by atoms with Crippen LogP contribution in [-0.2, 0) is 9.53 Å². The van der Waals surface area contributed by atoms with Gasteiger partial charge in [-0.25, -0.2) is 4.79 Å². The van der Waals surface area contributed by atoms with E-state index in [2.05, 4.69) is 5.32 Å². The second-order valence-electron chi connectivity index (χ2n) is 5.33. The number of ketones is 1. The Morgan fingerprint density at radius 1 is 0.960 bits per heavy atom. The van der Waals surface area contributed by atoms with E-state index in [9.17, 15) is 14.4 Å². The van der Waals surface area contributed by atoms with Crippen LogP contribution in [0.1, 0.15) is 34.6 Å². The molecule has 0 aliphatic carbocycles. The Labute approximate surface area is 154 Å². The van der Waals surface area contributed by atoms with E-state index in [0.29, 0.717) is 21.3 Å². The zero-order valence-corrected chi connectivity index (χ0v) is 15.0. The van der Waals surface area contributed by atoms with Gasteiger partial charge in [0.25, 0.3) is 5.91 Å². The van der Waals surface area contributed by atoms with Crippen LogP contribution in [0.5, 0.6) is 0 Å². The Bertz CT molecular complexity index is 798. The maximum atomic E-state index is 12.1. The van der Waals surface area contributed by atoms with Gasteiger partial charge in [-0.15, -0.1) is 0 Å². The number of hydrogen-bond donors (Lipinski definition) is 1. The Morgan fingerprint density at radius 3 is 2.04 bits per heavy atom. The number of carbonyl (C=O) groups excluding carboxylic acids is 3. The summed E-state index contributed by atoms with van der Waals surface area (Å²) < 4.78 is 5.12. The van der Waals surface area contributed by atoms with Crippen LogP contribution in [0.25, 0.3) is 0 Å². The number of anilines is 1. The van der Waals surface area contributed by atoms with E-state index in [-0.39, 0.29) is 11.3 Å². The van der Waals surface area contributed by atoms with Crippen molar-refractivity contribution < 1.29 is 19.1 Å². The van der Waals surface area contributed by atoms with Gasteiger partial charge in [-0.2, -0.15) is 0 Å². The molecular formula is C18H15Cl2NO4. The summed E-state index contributed by atoms with van der Waals surface area (Å²) in [5, 5.41) is 3.20. The molecule has 2 rings (SSSR count). The maximum absolute atomic E-state index is 12.1. The summed E-state index contributed by atoms with van der Waals surface area (Å²) in [6.45, 7) is 2.90. The number of nitrogens with one attached hydrogen (secondary N) is 1. The quantitative estimate of drug-likeness (QED) is 0.617. The summed E-state index contributed by atoms with van der Waals surface area (Å²) in [5.74, 6) is -1.28. The van der Waals surface area contributed by atoms with Gasteiger partial charge in [-0.1, -0.05) is 23.2 Å². The van der Waals surface area contributed by atoms with Crippen molar-refractivity contribution in [1.82, 2.24) is 0 Å². The van der Waals surface area contributed by atoms with Crippen LogP contribution in [0, 0.1) is 0 Å². The number of amides is 1. The van der Waals surface area contributed by atoms with Gasteiger partial charge in [0, 0.05) is 21.3 Å². The first-order valence-electron chi connectivity index (χ1n) is 7.35. The molecule has 0 aliphatic heterocycles. The molecular weight excluding hydrogens is 365 g/mol. The molecule has 0 fully saturated rings. The van der Waals surface area contributed by atoms with Crippen LogP contribution in [0.15, 0.2) is 42.5 Å². The first kappa shape index (κ1) is 19.0. The minimum absolute atomic E-state index is 0.0691. The van der Waals surface area contributed by atoms with Crippen LogP contribution < -0.4 is 5.32 Å². The van der Waals surface area contributed by atoms with Crippen molar-refractivity contribution in [2.75, 3.05) is 5.32 Å². The first-order valence-corrected chi connectivity index (χ1v) is 8.11. The number of rotatable bonds is 5. The van der Waals surface area contributed by atoms with Crippen LogP contribution in [0.2, 0.25) is 10.0 Å². The summed E-state index contributed by atoms with van der Waals surface area (Å²) >= 11 is 11.7. The van der Waals surface area contributed by atoms with Crippen molar-refractivity contribution in [1.29, 1.82) is 0 Å². The Balaban J connectivity index is 1.99. The molecule has 0 aliphatic rings. The molecule has 7 heteroatoms. The molecule has 1 amide bonds. The van der Waals surface area contributed by atoms with Crippen molar-refractivity contribution in [2.45, 2.75) is 20.0 Å². The minimum atomic E-state index is -1.03. The topological polar surface area (TPSA) is 72.5 Å². The molecule has 2 aromatic rings. The molecule has 0 spiro atoms. The van der Waals surface area contributed by atoms with Crippen LogP contribution in [0.3, 0.4) is 0 Å². The average Bonchev–Trinajstić information content (AvgIpc) is 2.54. The lowest BCUT2D eigenvalue weighted by Crippen LogP contribution is -2.30. The van der Waals surface area contributed by atoms with E-state index in [0.717, 1.165) is 0 Å². The van der Waals surface area contributed by atoms with Gasteiger partial charge in [0.2, 0.25) is 0 Å². The summed E-state index contributed by atoms with van der Waals surface area (Å²) in [7, 11) is 0. The molecule has 0 saturated carbocycles. The summed E-state index contributed by atoms with van der Waals surface area (Å²) in [5.41, 5.74) is 1.18. The number of Topliss-reactive ketones (excluding diaryl/α,β-unsaturated/α-hetero) is 1. The van der Waals surface area contributed by atoms with Crippen molar-refractivity contribution in [3.8, 4) is 0 Å². The smallest absolute Gasteiger partial charge is 0.339 e. The van der Waals surface area contributed by atoms with Gasteiger partial charge in [0.1, 0.15) is 0 Å². The Kier molecular flexibility index (Phi) is 6.17. The molecule has 0 heterocycles. The fraction of sp³-hybridized carbons (Fsp3) is 0.167. The third-order valence-corrected chi connectivity index (χ3v) is 3.75. The normalized spacial score (nSPS) is 11.5. The highest BCUT2D eigenvalue weighted by atomic mass is 35.5. The highest BCUT2D eigenvalue weighted by Gasteiger charge is 2.19.